The first kappa shape index (κ1) is 25.5. The molecule has 36 heavy (non-hydrogen) atoms. The van der Waals surface area contributed by atoms with Gasteiger partial charge in [-0.3, -0.25) is 19.3 Å². The van der Waals surface area contributed by atoms with Gasteiger partial charge in [0.1, 0.15) is 34.5 Å². The van der Waals surface area contributed by atoms with Crippen molar-refractivity contribution in [3.63, 3.8) is 0 Å². The summed E-state index contributed by atoms with van der Waals surface area (Å²) in [6.45, 7) is 8.48. The van der Waals surface area contributed by atoms with Gasteiger partial charge in [0, 0.05) is 24.2 Å². The average Bonchev–Trinajstić information content (AvgIpc) is 2.82. The summed E-state index contributed by atoms with van der Waals surface area (Å²) >= 11 is 6.40. The van der Waals surface area contributed by atoms with Crippen molar-refractivity contribution in [3.05, 3.63) is 98.2 Å². The second-order valence-corrected chi connectivity index (χ2v) is 9.54. The molecule has 0 saturated heterocycles. The van der Waals surface area contributed by atoms with Gasteiger partial charge in [-0.25, -0.2) is 9.37 Å². The maximum Gasteiger partial charge on any atom is 0.277 e. The molecule has 0 spiro atoms. The first-order valence-corrected chi connectivity index (χ1v) is 11.7. The zero-order chi connectivity index (χ0) is 26.2. The molecule has 0 unspecified atom stereocenters. The highest BCUT2D eigenvalue weighted by atomic mass is 35.5. The Bertz CT molecular complexity index is 1510. The average molecular weight is 509 g/mol. The highest BCUT2D eigenvalue weighted by Gasteiger charge is 2.20. The van der Waals surface area contributed by atoms with Crippen molar-refractivity contribution in [2.24, 2.45) is 0 Å². The highest BCUT2D eigenvalue weighted by molar-refractivity contribution is 6.31. The molecule has 0 fully saturated rings. The second-order valence-electron chi connectivity index (χ2n) is 9.16. The minimum Gasteiger partial charge on any atom is -0.485 e. The summed E-state index contributed by atoms with van der Waals surface area (Å²) in [4.78, 5) is 26.4. The Hall–Kier alpha value is -3.62. The van der Waals surface area contributed by atoms with E-state index in [-0.39, 0.29) is 23.1 Å². The minimum absolute atomic E-state index is 0.119. The van der Waals surface area contributed by atoms with Gasteiger partial charge in [0.25, 0.3) is 5.56 Å². The summed E-state index contributed by atoms with van der Waals surface area (Å²) in [6.07, 6.45) is 3.20. The molecule has 0 aliphatic heterocycles. The van der Waals surface area contributed by atoms with E-state index in [1.807, 2.05) is 6.92 Å². The first-order chi connectivity index (χ1) is 17.0. The molecule has 4 aromatic heterocycles. The van der Waals surface area contributed by atoms with Crippen LogP contribution in [0.3, 0.4) is 0 Å². The van der Waals surface area contributed by atoms with Crippen LogP contribution in [0.1, 0.15) is 42.1 Å². The Morgan fingerprint density at radius 1 is 1.08 bits per heavy atom. The molecular formula is C27H26ClFN4O3. The highest BCUT2D eigenvalue weighted by Crippen LogP contribution is 2.28. The number of rotatable bonds is 6. The third-order valence-electron chi connectivity index (χ3n) is 5.67. The van der Waals surface area contributed by atoms with Crippen LogP contribution in [0.25, 0.3) is 17.1 Å². The standard InChI is InChI=1S/C27H26ClFN4O3/c1-15-9-18(29)21(30-12-15)14-36-23-10-17(3)33(26(34)25(23)28)22-11-20(31-13-16(22)2)19-7-6-8-24(32-19)27(4,5)35/h6-13,35H,14H2,1-5H3. The molecule has 0 aliphatic rings. The second kappa shape index (κ2) is 9.79. The van der Waals surface area contributed by atoms with E-state index >= 15 is 0 Å². The van der Waals surface area contributed by atoms with Crippen LogP contribution >= 0.6 is 11.6 Å². The van der Waals surface area contributed by atoms with E-state index in [0.29, 0.717) is 34.0 Å². The summed E-state index contributed by atoms with van der Waals surface area (Å²) < 4.78 is 21.3. The van der Waals surface area contributed by atoms with Crippen LogP contribution < -0.4 is 10.3 Å². The Labute approximate surface area is 213 Å². The van der Waals surface area contributed by atoms with Crippen LogP contribution in [0, 0.1) is 26.6 Å². The SMILES string of the molecule is Cc1cnc(COc2cc(C)n(-c3cc(-c4cccc(C(C)(C)O)n4)ncc3C)c(=O)c2Cl)c(F)c1. The number of aryl methyl sites for hydroxylation is 3. The lowest BCUT2D eigenvalue weighted by atomic mass is 10.0. The lowest BCUT2D eigenvalue weighted by Crippen LogP contribution is -2.23. The van der Waals surface area contributed by atoms with Gasteiger partial charge in [0.15, 0.2) is 0 Å². The number of aliphatic hydroxyl groups is 1. The zero-order valence-electron chi connectivity index (χ0n) is 20.6. The number of pyridine rings is 4. The minimum atomic E-state index is -1.11. The fourth-order valence-electron chi connectivity index (χ4n) is 3.71. The molecule has 4 heterocycles. The summed E-state index contributed by atoms with van der Waals surface area (Å²) in [7, 11) is 0. The number of ether oxygens (including phenoxy) is 1. The molecule has 4 rings (SSSR count). The maximum absolute atomic E-state index is 14.1. The van der Waals surface area contributed by atoms with E-state index in [1.54, 1.807) is 70.4 Å². The van der Waals surface area contributed by atoms with Gasteiger partial charge in [0.05, 0.1) is 22.8 Å². The van der Waals surface area contributed by atoms with Crippen LogP contribution in [0.5, 0.6) is 5.75 Å². The molecule has 4 aromatic rings. The predicted molar refractivity (Wildman–Crippen MR) is 136 cm³/mol. The number of aromatic nitrogens is 4. The Balaban J connectivity index is 1.72. The van der Waals surface area contributed by atoms with Crippen molar-refractivity contribution in [1.29, 1.82) is 0 Å². The molecular weight excluding hydrogens is 483 g/mol. The van der Waals surface area contributed by atoms with Crippen LogP contribution in [-0.4, -0.2) is 24.6 Å². The zero-order valence-corrected chi connectivity index (χ0v) is 21.4. The van der Waals surface area contributed by atoms with Crippen LogP contribution in [0.15, 0.2) is 53.6 Å². The normalized spacial score (nSPS) is 11.6. The van der Waals surface area contributed by atoms with Crippen LogP contribution in [-0.2, 0) is 12.2 Å². The maximum atomic E-state index is 14.1. The third-order valence-corrected chi connectivity index (χ3v) is 6.02. The topological polar surface area (TPSA) is 90.1 Å². The fourth-order valence-corrected chi connectivity index (χ4v) is 3.91. The van der Waals surface area contributed by atoms with Crippen molar-refractivity contribution in [2.45, 2.75) is 46.8 Å². The number of hydrogen-bond donors (Lipinski definition) is 1. The van der Waals surface area contributed by atoms with Gasteiger partial charge in [-0.2, -0.15) is 0 Å². The van der Waals surface area contributed by atoms with Crippen LogP contribution in [0.2, 0.25) is 5.02 Å². The lowest BCUT2D eigenvalue weighted by Gasteiger charge is -2.18. The fraction of sp³-hybridized carbons (Fsp3) is 0.259. The molecule has 0 radical (unpaired) electrons. The van der Waals surface area contributed by atoms with E-state index in [4.69, 9.17) is 16.3 Å². The summed E-state index contributed by atoms with van der Waals surface area (Å²) in [6, 6.07) is 10.1. The van der Waals surface area contributed by atoms with E-state index in [1.165, 1.54) is 10.6 Å². The smallest absolute Gasteiger partial charge is 0.277 e. The van der Waals surface area contributed by atoms with Crippen molar-refractivity contribution >= 4 is 11.6 Å². The van der Waals surface area contributed by atoms with E-state index in [9.17, 15) is 14.3 Å². The van der Waals surface area contributed by atoms with Crippen molar-refractivity contribution in [1.82, 2.24) is 19.5 Å². The molecule has 0 aliphatic carbocycles. The molecule has 0 atom stereocenters. The summed E-state index contributed by atoms with van der Waals surface area (Å²) in [5.74, 6) is -0.345. The summed E-state index contributed by atoms with van der Waals surface area (Å²) in [5.41, 5.74) is 2.70. The molecule has 0 amide bonds. The molecule has 9 heteroatoms. The van der Waals surface area contributed by atoms with Gasteiger partial charge in [0.2, 0.25) is 0 Å². The first-order valence-electron chi connectivity index (χ1n) is 11.3. The Kier molecular flexibility index (Phi) is 6.93. The van der Waals surface area contributed by atoms with Crippen molar-refractivity contribution < 1.29 is 14.2 Å². The van der Waals surface area contributed by atoms with Crippen LogP contribution in [0.4, 0.5) is 4.39 Å². The van der Waals surface area contributed by atoms with Gasteiger partial charge in [-0.15, -0.1) is 0 Å². The van der Waals surface area contributed by atoms with Gasteiger partial charge >= 0.3 is 0 Å². The molecule has 0 aromatic carbocycles. The van der Waals surface area contributed by atoms with Crippen molar-refractivity contribution in [3.8, 4) is 22.8 Å². The Morgan fingerprint density at radius 3 is 2.53 bits per heavy atom. The lowest BCUT2D eigenvalue weighted by molar-refractivity contribution is 0.0740. The quantitative estimate of drug-likeness (QED) is 0.384. The van der Waals surface area contributed by atoms with Gasteiger partial charge in [-0.1, -0.05) is 17.7 Å². The molecule has 0 bridgehead atoms. The number of halogens is 2. The molecule has 0 saturated carbocycles. The van der Waals surface area contributed by atoms with Crippen molar-refractivity contribution in [2.75, 3.05) is 0 Å². The van der Waals surface area contributed by atoms with E-state index in [2.05, 4.69) is 15.0 Å². The van der Waals surface area contributed by atoms with E-state index < -0.39 is 17.0 Å². The van der Waals surface area contributed by atoms with Gasteiger partial charge in [-0.05, 0) is 70.0 Å². The largest absolute Gasteiger partial charge is 0.485 e. The monoisotopic (exact) mass is 508 g/mol. The van der Waals surface area contributed by atoms with E-state index in [0.717, 1.165) is 5.56 Å². The molecule has 7 nitrogen and oxygen atoms in total. The third kappa shape index (κ3) is 5.15. The Morgan fingerprint density at radius 2 is 1.83 bits per heavy atom. The molecule has 1 N–H and O–H groups in total. The number of nitrogens with zero attached hydrogens (tertiary/aromatic N) is 4. The molecule has 186 valence electrons. The number of hydrogen-bond acceptors (Lipinski definition) is 6. The predicted octanol–water partition coefficient (Wildman–Crippen LogP) is 5.21. The van der Waals surface area contributed by atoms with Gasteiger partial charge < -0.3 is 9.84 Å². The summed E-state index contributed by atoms with van der Waals surface area (Å²) in [5, 5.41) is 10.2.